The van der Waals surface area contributed by atoms with Gasteiger partial charge in [-0.3, -0.25) is 5.10 Å². The summed E-state index contributed by atoms with van der Waals surface area (Å²) < 4.78 is 7.41. The lowest BCUT2D eigenvalue weighted by molar-refractivity contribution is 0.372. The maximum absolute atomic E-state index is 9.87. The average Bonchev–Trinajstić information content (AvgIpc) is 2.71. The standard InChI is InChI=1S/C11H11BrN4O2S/c1-6-14-15-11(19)16(6)13-5-7-3-4-8(18-2)10(17)9(7)12/h3-5,17H,1-2H3,(H,15,19)/b13-5+. The van der Waals surface area contributed by atoms with Crippen molar-refractivity contribution in [1.29, 1.82) is 0 Å². The Morgan fingerprint density at radius 1 is 1.58 bits per heavy atom. The van der Waals surface area contributed by atoms with E-state index in [1.165, 1.54) is 11.8 Å². The molecule has 2 N–H and O–H groups in total. The van der Waals surface area contributed by atoms with Crippen LogP contribution in [0.2, 0.25) is 0 Å². The number of aromatic amines is 1. The van der Waals surface area contributed by atoms with Gasteiger partial charge in [0.25, 0.3) is 0 Å². The van der Waals surface area contributed by atoms with Gasteiger partial charge < -0.3 is 9.84 Å². The quantitative estimate of drug-likeness (QED) is 0.664. The molecule has 0 saturated heterocycles. The molecule has 19 heavy (non-hydrogen) atoms. The number of aromatic nitrogens is 3. The number of H-pyrrole nitrogens is 1. The van der Waals surface area contributed by atoms with E-state index in [1.54, 1.807) is 25.3 Å². The van der Waals surface area contributed by atoms with Crippen LogP contribution in [0.25, 0.3) is 0 Å². The SMILES string of the molecule is COc1ccc(/C=N/n2c(C)n[nH]c2=S)c(Br)c1O. The zero-order valence-electron chi connectivity index (χ0n) is 10.2. The number of aryl methyl sites for hydroxylation is 1. The number of phenols is 1. The molecule has 0 aliphatic carbocycles. The molecule has 1 aromatic heterocycles. The van der Waals surface area contributed by atoms with Crippen molar-refractivity contribution in [1.82, 2.24) is 14.9 Å². The Labute approximate surface area is 122 Å². The molecule has 100 valence electrons. The molecule has 1 heterocycles. The molecule has 0 aliphatic heterocycles. The first-order valence-electron chi connectivity index (χ1n) is 5.28. The molecule has 0 amide bonds. The van der Waals surface area contributed by atoms with E-state index in [9.17, 15) is 5.11 Å². The maximum atomic E-state index is 9.87. The van der Waals surface area contributed by atoms with E-state index in [-0.39, 0.29) is 5.75 Å². The van der Waals surface area contributed by atoms with Crippen LogP contribution in [0.3, 0.4) is 0 Å². The highest BCUT2D eigenvalue weighted by molar-refractivity contribution is 9.10. The highest BCUT2D eigenvalue weighted by atomic mass is 79.9. The summed E-state index contributed by atoms with van der Waals surface area (Å²) in [5.74, 6) is 1.06. The molecular formula is C11H11BrN4O2S. The van der Waals surface area contributed by atoms with Gasteiger partial charge in [0, 0.05) is 5.56 Å². The lowest BCUT2D eigenvalue weighted by Crippen LogP contribution is -1.95. The van der Waals surface area contributed by atoms with Crippen molar-refractivity contribution in [3.8, 4) is 11.5 Å². The summed E-state index contributed by atoms with van der Waals surface area (Å²) in [4.78, 5) is 0. The van der Waals surface area contributed by atoms with Crippen LogP contribution >= 0.6 is 28.1 Å². The third kappa shape index (κ3) is 2.69. The van der Waals surface area contributed by atoms with Gasteiger partial charge in [0.15, 0.2) is 11.5 Å². The van der Waals surface area contributed by atoms with Crippen molar-refractivity contribution >= 4 is 34.4 Å². The Kier molecular flexibility index (Phi) is 4.01. The maximum Gasteiger partial charge on any atom is 0.216 e. The van der Waals surface area contributed by atoms with Gasteiger partial charge in [-0.05, 0) is 47.2 Å². The molecule has 0 fully saturated rings. The summed E-state index contributed by atoms with van der Waals surface area (Å²) in [6, 6.07) is 3.42. The van der Waals surface area contributed by atoms with Crippen LogP contribution in [0.1, 0.15) is 11.4 Å². The van der Waals surface area contributed by atoms with E-state index in [0.717, 1.165) is 0 Å². The van der Waals surface area contributed by atoms with Crippen molar-refractivity contribution in [2.45, 2.75) is 6.92 Å². The number of aromatic hydroxyl groups is 1. The summed E-state index contributed by atoms with van der Waals surface area (Å²) in [6.45, 7) is 1.78. The van der Waals surface area contributed by atoms with Crippen LogP contribution in [0, 0.1) is 11.7 Å². The Morgan fingerprint density at radius 2 is 2.32 bits per heavy atom. The normalized spacial score (nSPS) is 11.1. The highest BCUT2D eigenvalue weighted by Gasteiger charge is 2.09. The van der Waals surface area contributed by atoms with Gasteiger partial charge in [-0.1, -0.05) is 0 Å². The topological polar surface area (TPSA) is 75.4 Å². The van der Waals surface area contributed by atoms with Gasteiger partial charge in [-0.15, -0.1) is 0 Å². The molecule has 0 atom stereocenters. The molecular weight excluding hydrogens is 332 g/mol. The first kappa shape index (κ1) is 13.8. The van der Waals surface area contributed by atoms with E-state index in [4.69, 9.17) is 17.0 Å². The number of ether oxygens (including phenoxy) is 1. The van der Waals surface area contributed by atoms with Gasteiger partial charge in [0.2, 0.25) is 4.77 Å². The first-order valence-corrected chi connectivity index (χ1v) is 6.48. The number of phenolic OH excluding ortho intramolecular Hbond substituents is 1. The van der Waals surface area contributed by atoms with Crippen LogP contribution in [0.15, 0.2) is 21.7 Å². The average molecular weight is 343 g/mol. The van der Waals surface area contributed by atoms with Gasteiger partial charge in [-0.25, -0.2) is 0 Å². The molecule has 0 radical (unpaired) electrons. The van der Waals surface area contributed by atoms with E-state index in [2.05, 4.69) is 31.2 Å². The van der Waals surface area contributed by atoms with E-state index in [0.29, 0.717) is 26.4 Å². The summed E-state index contributed by atoms with van der Waals surface area (Å²) in [5.41, 5.74) is 0.695. The Bertz CT molecular complexity index is 692. The second-order valence-corrected chi connectivity index (χ2v) is 4.83. The number of hydrogen-bond acceptors (Lipinski definition) is 5. The zero-order valence-corrected chi connectivity index (χ0v) is 12.6. The fraction of sp³-hybridized carbons (Fsp3) is 0.182. The third-order valence-electron chi connectivity index (χ3n) is 2.45. The number of hydrogen-bond donors (Lipinski definition) is 2. The van der Waals surface area contributed by atoms with Crippen LogP contribution in [-0.2, 0) is 0 Å². The number of nitrogens with one attached hydrogen (secondary N) is 1. The predicted octanol–water partition coefficient (Wildman–Crippen LogP) is 2.61. The number of methoxy groups -OCH3 is 1. The Hall–Kier alpha value is -1.67. The number of rotatable bonds is 3. The van der Waals surface area contributed by atoms with Crippen molar-refractivity contribution in [3.63, 3.8) is 0 Å². The van der Waals surface area contributed by atoms with Crippen LogP contribution in [-0.4, -0.2) is 33.3 Å². The molecule has 6 nitrogen and oxygen atoms in total. The van der Waals surface area contributed by atoms with Crippen molar-refractivity contribution in [2.75, 3.05) is 7.11 Å². The van der Waals surface area contributed by atoms with Gasteiger partial charge in [0.1, 0.15) is 5.82 Å². The molecule has 0 saturated carbocycles. The minimum atomic E-state index is 0.0268. The predicted molar refractivity (Wildman–Crippen MR) is 77.5 cm³/mol. The number of halogens is 1. The van der Waals surface area contributed by atoms with E-state index >= 15 is 0 Å². The summed E-state index contributed by atoms with van der Waals surface area (Å²) >= 11 is 8.33. The van der Waals surface area contributed by atoms with Crippen molar-refractivity contribution in [3.05, 3.63) is 32.8 Å². The molecule has 0 aliphatic rings. The smallest absolute Gasteiger partial charge is 0.216 e. The van der Waals surface area contributed by atoms with E-state index < -0.39 is 0 Å². The lowest BCUT2D eigenvalue weighted by atomic mass is 10.2. The van der Waals surface area contributed by atoms with Crippen LogP contribution < -0.4 is 4.74 Å². The minimum Gasteiger partial charge on any atom is -0.503 e. The van der Waals surface area contributed by atoms with Gasteiger partial charge >= 0.3 is 0 Å². The molecule has 2 rings (SSSR count). The highest BCUT2D eigenvalue weighted by Crippen LogP contribution is 2.35. The minimum absolute atomic E-state index is 0.0268. The van der Waals surface area contributed by atoms with Crippen LogP contribution in [0.4, 0.5) is 0 Å². The zero-order chi connectivity index (χ0) is 14.0. The van der Waals surface area contributed by atoms with Gasteiger partial charge in [0.05, 0.1) is 17.8 Å². The first-order chi connectivity index (χ1) is 9.04. The largest absolute Gasteiger partial charge is 0.503 e. The number of nitrogens with zero attached hydrogens (tertiary/aromatic N) is 3. The molecule has 2 aromatic rings. The lowest BCUT2D eigenvalue weighted by Gasteiger charge is -2.06. The second kappa shape index (κ2) is 5.54. The molecule has 0 bridgehead atoms. The fourth-order valence-corrected chi connectivity index (χ4v) is 2.11. The third-order valence-corrected chi connectivity index (χ3v) is 3.55. The fourth-order valence-electron chi connectivity index (χ4n) is 1.45. The summed E-state index contributed by atoms with van der Waals surface area (Å²) in [7, 11) is 1.49. The monoisotopic (exact) mass is 342 g/mol. The molecule has 1 aromatic carbocycles. The molecule has 8 heteroatoms. The Morgan fingerprint density at radius 3 is 2.89 bits per heavy atom. The van der Waals surface area contributed by atoms with Crippen molar-refractivity contribution in [2.24, 2.45) is 5.10 Å². The Balaban J connectivity index is 2.40. The number of benzene rings is 1. The van der Waals surface area contributed by atoms with Crippen LogP contribution in [0.5, 0.6) is 11.5 Å². The van der Waals surface area contributed by atoms with Gasteiger partial charge in [-0.2, -0.15) is 14.9 Å². The molecule has 0 unspecified atom stereocenters. The second-order valence-electron chi connectivity index (χ2n) is 3.65. The summed E-state index contributed by atoms with van der Waals surface area (Å²) in [5, 5.41) is 20.7. The summed E-state index contributed by atoms with van der Waals surface area (Å²) in [6.07, 6.45) is 1.57. The van der Waals surface area contributed by atoms with Crippen molar-refractivity contribution < 1.29 is 9.84 Å². The van der Waals surface area contributed by atoms with E-state index in [1.807, 2.05) is 0 Å². The molecule has 0 spiro atoms.